The summed E-state index contributed by atoms with van der Waals surface area (Å²) in [5, 5.41) is 7.81. The number of anilines is 1. The summed E-state index contributed by atoms with van der Waals surface area (Å²) in [6, 6.07) is 21.6. The molecule has 2 aromatic heterocycles. The van der Waals surface area contributed by atoms with Gasteiger partial charge in [0, 0.05) is 11.3 Å². The maximum absolute atomic E-state index is 12.9. The third kappa shape index (κ3) is 4.56. The van der Waals surface area contributed by atoms with E-state index in [2.05, 4.69) is 29.5 Å². The third-order valence-corrected chi connectivity index (χ3v) is 6.57. The molecule has 34 heavy (non-hydrogen) atoms. The minimum Gasteiger partial charge on any atom is -0.489 e. The Morgan fingerprint density at radius 1 is 1.00 bits per heavy atom. The number of thiazole rings is 1. The Morgan fingerprint density at radius 3 is 2.59 bits per heavy atom. The second kappa shape index (κ2) is 9.11. The van der Waals surface area contributed by atoms with E-state index in [9.17, 15) is 4.79 Å². The molecule has 5 rings (SSSR count). The lowest BCUT2D eigenvalue weighted by Gasteiger charge is -2.08. The molecule has 0 aliphatic heterocycles. The predicted molar refractivity (Wildman–Crippen MR) is 134 cm³/mol. The Bertz CT molecular complexity index is 1490. The van der Waals surface area contributed by atoms with Gasteiger partial charge in [-0.3, -0.25) is 4.79 Å². The lowest BCUT2D eigenvalue weighted by molar-refractivity contribution is 0.101. The van der Waals surface area contributed by atoms with Crippen molar-refractivity contribution in [3.05, 3.63) is 94.9 Å². The number of aryl methyl sites for hydroxylation is 3. The molecule has 3 aromatic carbocycles. The van der Waals surface area contributed by atoms with E-state index in [0.717, 1.165) is 32.1 Å². The Hall–Kier alpha value is -3.97. The van der Waals surface area contributed by atoms with Crippen molar-refractivity contribution in [1.82, 2.24) is 10.1 Å². The van der Waals surface area contributed by atoms with Gasteiger partial charge < -0.3 is 14.6 Å². The number of hydrogen-bond acceptors (Lipinski definition) is 6. The van der Waals surface area contributed by atoms with E-state index in [1.807, 2.05) is 61.5 Å². The van der Waals surface area contributed by atoms with E-state index in [0.29, 0.717) is 17.0 Å². The second-order valence-electron chi connectivity index (χ2n) is 8.19. The van der Waals surface area contributed by atoms with E-state index in [1.54, 1.807) is 18.3 Å². The molecule has 1 N–H and O–H groups in total. The fourth-order valence-electron chi connectivity index (χ4n) is 3.64. The van der Waals surface area contributed by atoms with Crippen LogP contribution < -0.4 is 10.1 Å². The average molecular weight is 470 g/mol. The molecule has 0 saturated heterocycles. The summed E-state index contributed by atoms with van der Waals surface area (Å²) in [6.45, 7) is 6.04. The van der Waals surface area contributed by atoms with Crippen LogP contribution in [0, 0.1) is 20.8 Å². The van der Waals surface area contributed by atoms with Crippen molar-refractivity contribution in [2.24, 2.45) is 0 Å². The van der Waals surface area contributed by atoms with Crippen LogP contribution in [-0.2, 0) is 6.61 Å². The summed E-state index contributed by atoms with van der Waals surface area (Å²) in [5.41, 5.74) is 5.81. The van der Waals surface area contributed by atoms with Crippen LogP contribution in [0.4, 0.5) is 5.69 Å². The van der Waals surface area contributed by atoms with Gasteiger partial charge in [0.25, 0.3) is 5.91 Å². The van der Waals surface area contributed by atoms with E-state index in [-0.39, 0.29) is 18.2 Å². The minimum atomic E-state index is -0.345. The smallest absolute Gasteiger partial charge is 0.278 e. The van der Waals surface area contributed by atoms with Crippen LogP contribution in [-0.4, -0.2) is 16.0 Å². The SMILES string of the molecule is Cc1cccc(OCc2c(C(=O)Nc3ccc(-c4nc5ccc(C)cc5s4)cc3)noc2C)c1. The Balaban J connectivity index is 1.29. The quantitative estimate of drug-likeness (QED) is 0.299. The molecule has 0 bridgehead atoms. The zero-order valence-electron chi connectivity index (χ0n) is 19.1. The summed E-state index contributed by atoms with van der Waals surface area (Å²) in [7, 11) is 0. The lowest BCUT2D eigenvalue weighted by Crippen LogP contribution is -2.15. The summed E-state index contributed by atoms with van der Waals surface area (Å²) >= 11 is 1.66. The number of benzene rings is 3. The molecule has 0 radical (unpaired) electrons. The van der Waals surface area contributed by atoms with Gasteiger partial charge in [-0.15, -0.1) is 11.3 Å². The molecule has 6 nitrogen and oxygen atoms in total. The van der Waals surface area contributed by atoms with Gasteiger partial charge in [0.2, 0.25) is 0 Å². The summed E-state index contributed by atoms with van der Waals surface area (Å²) in [4.78, 5) is 17.6. The second-order valence-corrected chi connectivity index (χ2v) is 9.22. The van der Waals surface area contributed by atoms with Crippen LogP contribution in [0.3, 0.4) is 0 Å². The standard InChI is InChI=1S/C27H23N3O3S/c1-16-5-4-6-21(13-16)32-15-22-18(3)33-30-25(22)26(31)28-20-10-8-19(9-11-20)27-29-23-12-7-17(2)14-24(23)34-27/h4-14H,15H2,1-3H3,(H,28,31). The first kappa shape index (κ1) is 21.9. The first-order valence-electron chi connectivity index (χ1n) is 10.9. The fourth-order valence-corrected chi connectivity index (χ4v) is 4.71. The maximum Gasteiger partial charge on any atom is 0.278 e. The van der Waals surface area contributed by atoms with Crippen LogP contribution >= 0.6 is 11.3 Å². The number of ether oxygens (including phenoxy) is 1. The zero-order valence-corrected chi connectivity index (χ0v) is 19.9. The molecule has 0 fully saturated rings. The highest BCUT2D eigenvalue weighted by Crippen LogP contribution is 2.31. The summed E-state index contributed by atoms with van der Waals surface area (Å²) < 4.78 is 12.3. The maximum atomic E-state index is 12.9. The molecule has 5 aromatic rings. The molecular weight excluding hydrogens is 446 g/mol. The summed E-state index contributed by atoms with van der Waals surface area (Å²) in [5.74, 6) is 0.940. The van der Waals surface area contributed by atoms with Gasteiger partial charge in [0.05, 0.1) is 15.8 Å². The topological polar surface area (TPSA) is 77.2 Å². The first-order chi connectivity index (χ1) is 16.5. The molecule has 0 atom stereocenters. The Kier molecular flexibility index (Phi) is 5.86. The predicted octanol–water partition coefficient (Wildman–Crippen LogP) is 6.71. The highest BCUT2D eigenvalue weighted by molar-refractivity contribution is 7.21. The third-order valence-electron chi connectivity index (χ3n) is 5.51. The number of rotatable bonds is 6. The zero-order chi connectivity index (χ0) is 23.7. The molecule has 170 valence electrons. The van der Waals surface area contributed by atoms with Crippen LogP contribution in [0.25, 0.3) is 20.8 Å². The van der Waals surface area contributed by atoms with Gasteiger partial charge in [0.15, 0.2) is 5.69 Å². The van der Waals surface area contributed by atoms with Crippen molar-refractivity contribution in [1.29, 1.82) is 0 Å². The molecule has 1 amide bonds. The van der Waals surface area contributed by atoms with E-state index < -0.39 is 0 Å². The van der Waals surface area contributed by atoms with Crippen molar-refractivity contribution < 1.29 is 14.1 Å². The molecular formula is C27H23N3O3S. The number of carbonyl (C=O) groups is 1. The van der Waals surface area contributed by atoms with Crippen molar-refractivity contribution in [2.75, 3.05) is 5.32 Å². The summed E-state index contributed by atoms with van der Waals surface area (Å²) in [6.07, 6.45) is 0. The van der Waals surface area contributed by atoms with Crippen LogP contribution in [0.1, 0.15) is 32.9 Å². The van der Waals surface area contributed by atoms with E-state index in [4.69, 9.17) is 14.2 Å². The van der Waals surface area contributed by atoms with Gasteiger partial charge in [0.1, 0.15) is 23.1 Å². The van der Waals surface area contributed by atoms with E-state index in [1.165, 1.54) is 5.56 Å². The van der Waals surface area contributed by atoms with Crippen molar-refractivity contribution >= 4 is 33.1 Å². The number of aromatic nitrogens is 2. The largest absolute Gasteiger partial charge is 0.489 e. The Labute approximate surface area is 201 Å². The van der Waals surface area contributed by atoms with Gasteiger partial charge in [-0.1, -0.05) is 23.4 Å². The normalized spacial score (nSPS) is 11.0. The molecule has 0 spiro atoms. The van der Waals surface area contributed by atoms with Crippen LogP contribution in [0.15, 0.2) is 71.3 Å². The molecule has 0 aliphatic carbocycles. The number of nitrogens with one attached hydrogen (secondary N) is 1. The van der Waals surface area contributed by atoms with Gasteiger partial charge >= 0.3 is 0 Å². The van der Waals surface area contributed by atoms with Crippen LogP contribution in [0.2, 0.25) is 0 Å². The molecule has 0 aliphatic rings. The van der Waals surface area contributed by atoms with Crippen molar-refractivity contribution in [3.8, 4) is 16.3 Å². The highest BCUT2D eigenvalue weighted by Gasteiger charge is 2.21. The van der Waals surface area contributed by atoms with Gasteiger partial charge in [-0.05, 0) is 80.4 Å². The number of amides is 1. The van der Waals surface area contributed by atoms with Gasteiger partial charge in [-0.25, -0.2) is 4.98 Å². The number of hydrogen-bond donors (Lipinski definition) is 1. The Morgan fingerprint density at radius 2 is 1.79 bits per heavy atom. The lowest BCUT2D eigenvalue weighted by atomic mass is 10.1. The number of carbonyl (C=O) groups excluding carboxylic acids is 1. The minimum absolute atomic E-state index is 0.192. The van der Waals surface area contributed by atoms with Crippen LogP contribution in [0.5, 0.6) is 5.75 Å². The van der Waals surface area contributed by atoms with Crippen molar-refractivity contribution in [3.63, 3.8) is 0 Å². The average Bonchev–Trinajstić information content (AvgIpc) is 3.41. The highest BCUT2D eigenvalue weighted by atomic mass is 32.1. The molecule has 2 heterocycles. The monoisotopic (exact) mass is 469 g/mol. The van der Waals surface area contributed by atoms with Gasteiger partial charge in [-0.2, -0.15) is 0 Å². The molecule has 0 unspecified atom stereocenters. The van der Waals surface area contributed by atoms with Crippen molar-refractivity contribution in [2.45, 2.75) is 27.4 Å². The van der Waals surface area contributed by atoms with E-state index >= 15 is 0 Å². The molecule has 7 heteroatoms. The number of nitrogens with zero attached hydrogens (tertiary/aromatic N) is 2. The molecule has 0 saturated carbocycles. The fraction of sp³-hybridized carbons (Fsp3) is 0.148. The number of fused-ring (bicyclic) bond motifs is 1. The first-order valence-corrected chi connectivity index (χ1v) is 11.7.